The highest BCUT2D eigenvalue weighted by molar-refractivity contribution is 8.06. The van der Waals surface area contributed by atoms with Crippen molar-refractivity contribution in [2.75, 3.05) is 23.8 Å². The Hall–Kier alpha value is -0.720. The maximum atomic E-state index is 10.7. The molecule has 6 heteroatoms. The van der Waals surface area contributed by atoms with Crippen molar-refractivity contribution in [1.82, 2.24) is 10.3 Å². The Labute approximate surface area is 115 Å². The predicted molar refractivity (Wildman–Crippen MR) is 76.5 cm³/mol. The van der Waals surface area contributed by atoms with Gasteiger partial charge in [-0.25, -0.2) is 4.79 Å². The molecule has 4 nitrogen and oxygen atoms in total. The highest BCUT2D eigenvalue weighted by atomic mass is 32.2. The summed E-state index contributed by atoms with van der Waals surface area (Å²) in [5, 5.41) is 12.8. The molecule has 1 saturated heterocycles. The van der Waals surface area contributed by atoms with Crippen molar-refractivity contribution in [1.29, 1.82) is 0 Å². The minimum absolute atomic E-state index is 0.234. The van der Waals surface area contributed by atoms with E-state index in [1.54, 1.807) is 12.1 Å². The summed E-state index contributed by atoms with van der Waals surface area (Å²) in [6.07, 6.45) is 1.41. The summed E-state index contributed by atoms with van der Waals surface area (Å²) in [6, 6.07) is 3.36. The second kappa shape index (κ2) is 7.01. The van der Waals surface area contributed by atoms with Crippen LogP contribution in [-0.4, -0.2) is 45.1 Å². The van der Waals surface area contributed by atoms with E-state index < -0.39 is 5.97 Å². The first-order valence-corrected chi connectivity index (χ1v) is 8.04. The van der Waals surface area contributed by atoms with Crippen molar-refractivity contribution < 1.29 is 9.90 Å². The van der Waals surface area contributed by atoms with Crippen LogP contribution < -0.4 is 5.32 Å². The first-order chi connectivity index (χ1) is 8.75. The molecule has 0 aliphatic carbocycles. The average molecular weight is 284 g/mol. The lowest BCUT2D eigenvalue weighted by atomic mass is 10.2. The van der Waals surface area contributed by atoms with Crippen molar-refractivity contribution in [2.24, 2.45) is 0 Å². The predicted octanol–water partition coefficient (Wildman–Crippen LogP) is 1.72. The lowest BCUT2D eigenvalue weighted by Gasteiger charge is -2.21. The molecule has 98 valence electrons. The van der Waals surface area contributed by atoms with E-state index in [9.17, 15) is 4.79 Å². The fourth-order valence-corrected chi connectivity index (χ4v) is 4.32. The number of hydrogen-bond acceptors (Lipinski definition) is 5. The molecule has 2 heterocycles. The largest absolute Gasteiger partial charge is 0.478 e. The topological polar surface area (TPSA) is 62.2 Å². The van der Waals surface area contributed by atoms with Crippen molar-refractivity contribution in [3.63, 3.8) is 0 Å². The minimum atomic E-state index is -0.933. The zero-order chi connectivity index (χ0) is 12.8. The number of carboxylic acid groups (broad SMARTS) is 1. The number of rotatable bonds is 5. The Balaban J connectivity index is 1.74. The van der Waals surface area contributed by atoms with E-state index >= 15 is 0 Å². The van der Waals surface area contributed by atoms with E-state index in [2.05, 4.69) is 10.3 Å². The van der Waals surface area contributed by atoms with E-state index in [0.717, 1.165) is 12.2 Å². The van der Waals surface area contributed by atoms with E-state index in [-0.39, 0.29) is 5.56 Å². The van der Waals surface area contributed by atoms with Crippen LogP contribution in [0, 0.1) is 0 Å². The Kier molecular flexibility index (Phi) is 5.34. The molecule has 1 aromatic rings. The van der Waals surface area contributed by atoms with Gasteiger partial charge >= 0.3 is 5.97 Å². The van der Waals surface area contributed by atoms with Crippen molar-refractivity contribution >= 4 is 29.5 Å². The van der Waals surface area contributed by atoms with E-state index in [4.69, 9.17) is 5.11 Å². The van der Waals surface area contributed by atoms with Gasteiger partial charge in [-0.3, -0.25) is 4.98 Å². The quantitative estimate of drug-likeness (QED) is 0.858. The maximum absolute atomic E-state index is 10.7. The molecule has 0 saturated carbocycles. The summed E-state index contributed by atoms with van der Waals surface area (Å²) in [5.41, 5.74) is 1.12. The second-order valence-electron chi connectivity index (χ2n) is 4.04. The summed E-state index contributed by atoms with van der Waals surface area (Å²) in [4.78, 5) is 14.8. The lowest BCUT2D eigenvalue weighted by Crippen LogP contribution is -2.28. The van der Waals surface area contributed by atoms with Crippen LogP contribution in [-0.2, 0) is 6.54 Å². The summed E-state index contributed by atoms with van der Waals surface area (Å²) in [6.45, 7) is 1.68. The fourth-order valence-electron chi connectivity index (χ4n) is 1.67. The van der Waals surface area contributed by atoms with Crippen LogP contribution in [0.4, 0.5) is 0 Å². The number of aromatic carboxylic acids is 1. The van der Waals surface area contributed by atoms with Gasteiger partial charge in [-0.05, 0) is 12.1 Å². The van der Waals surface area contributed by atoms with Gasteiger partial charge in [0.25, 0.3) is 0 Å². The van der Waals surface area contributed by atoms with Gasteiger partial charge in [0.15, 0.2) is 0 Å². The summed E-state index contributed by atoms with van der Waals surface area (Å²) in [7, 11) is 0. The second-order valence-corrected chi connectivity index (χ2v) is 6.60. The van der Waals surface area contributed by atoms with E-state index in [0.29, 0.717) is 11.8 Å². The van der Waals surface area contributed by atoms with Crippen molar-refractivity contribution in [3.05, 3.63) is 29.6 Å². The van der Waals surface area contributed by atoms with Gasteiger partial charge in [0, 0.05) is 41.8 Å². The third kappa shape index (κ3) is 4.19. The van der Waals surface area contributed by atoms with Gasteiger partial charge < -0.3 is 10.4 Å². The van der Waals surface area contributed by atoms with Crippen LogP contribution in [0.25, 0.3) is 0 Å². The SMILES string of the molecule is O=C(O)c1ccc(CNCC2CSCCS2)nc1. The van der Waals surface area contributed by atoms with Crippen LogP contribution in [0.2, 0.25) is 0 Å². The zero-order valence-corrected chi connectivity index (χ0v) is 11.6. The molecular weight excluding hydrogens is 268 g/mol. The molecule has 0 spiro atoms. The number of thioether (sulfide) groups is 2. The van der Waals surface area contributed by atoms with Gasteiger partial charge in [-0.15, -0.1) is 0 Å². The lowest BCUT2D eigenvalue weighted by molar-refractivity contribution is 0.0696. The highest BCUT2D eigenvalue weighted by Gasteiger charge is 2.13. The van der Waals surface area contributed by atoms with Gasteiger partial charge in [0.1, 0.15) is 0 Å². The molecule has 1 aliphatic heterocycles. The molecule has 1 unspecified atom stereocenters. The smallest absolute Gasteiger partial charge is 0.337 e. The number of pyridine rings is 1. The van der Waals surface area contributed by atoms with Crippen LogP contribution in [0.3, 0.4) is 0 Å². The first kappa shape index (κ1) is 13.7. The number of carbonyl (C=O) groups is 1. The number of nitrogens with zero attached hydrogens (tertiary/aromatic N) is 1. The Morgan fingerprint density at radius 3 is 3.00 bits per heavy atom. The molecule has 0 amide bonds. The Morgan fingerprint density at radius 1 is 1.50 bits per heavy atom. The molecule has 1 atom stereocenters. The molecule has 0 radical (unpaired) electrons. The van der Waals surface area contributed by atoms with Gasteiger partial charge in [-0.2, -0.15) is 23.5 Å². The van der Waals surface area contributed by atoms with Crippen molar-refractivity contribution in [3.8, 4) is 0 Å². The summed E-state index contributed by atoms with van der Waals surface area (Å²) in [5.74, 6) is 2.78. The third-order valence-corrected chi connectivity index (χ3v) is 5.48. The van der Waals surface area contributed by atoms with Crippen molar-refractivity contribution in [2.45, 2.75) is 11.8 Å². The highest BCUT2D eigenvalue weighted by Crippen LogP contribution is 2.23. The van der Waals surface area contributed by atoms with Crippen LogP contribution in [0.5, 0.6) is 0 Å². The third-order valence-electron chi connectivity index (χ3n) is 2.63. The molecule has 2 N–H and O–H groups in total. The number of nitrogens with one attached hydrogen (secondary N) is 1. The van der Waals surface area contributed by atoms with Crippen LogP contribution in [0.1, 0.15) is 16.1 Å². The van der Waals surface area contributed by atoms with Crippen LogP contribution >= 0.6 is 23.5 Å². The Morgan fingerprint density at radius 2 is 2.39 bits per heavy atom. The summed E-state index contributed by atoms with van der Waals surface area (Å²) < 4.78 is 0. The Bertz CT molecular complexity index is 392. The molecule has 0 bridgehead atoms. The standard InChI is InChI=1S/C12H16N2O2S2/c15-12(16)9-1-2-10(14-5-9)6-13-7-11-8-17-3-4-18-11/h1-2,5,11,13H,3-4,6-8H2,(H,15,16). The number of aromatic nitrogens is 1. The van der Waals surface area contributed by atoms with Crippen LogP contribution in [0.15, 0.2) is 18.3 Å². The van der Waals surface area contributed by atoms with E-state index in [1.807, 2.05) is 23.5 Å². The fraction of sp³-hybridized carbons (Fsp3) is 0.500. The normalized spacial score (nSPS) is 19.7. The van der Waals surface area contributed by atoms with Gasteiger partial charge in [0.2, 0.25) is 0 Å². The monoisotopic (exact) mass is 284 g/mol. The molecule has 0 aromatic carbocycles. The molecule has 1 fully saturated rings. The molecule has 1 aliphatic rings. The molecule has 2 rings (SSSR count). The number of hydrogen-bond donors (Lipinski definition) is 2. The molecular formula is C12H16N2O2S2. The first-order valence-electron chi connectivity index (χ1n) is 5.84. The van der Waals surface area contributed by atoms with Gasteiger partial charge in [0.05, 0.1) is 11.3 Å². The molecule has 1 aromatic heterocycles. The number of carboxylic acids is 1. The average Bonchev–Trinajstić information content (AvgIpc) is 2.40. The van der Waals surface area contributed by atoms with E-state index in [1.165, 1.54) is 23.5 Å². The summed E-state index contributed by atoms with van der Waals surface area (Å²) >= 11 is 4.04. The zero-order valence-electron chi connectivity index (χ0n) is 9.96. The van der Waals surface area contributed by atoms with Gasteiger partial charge in [-0.1, -0.05) is 0 Å². The minimum Gasteiger partial charge on any atom is -0.478 e. The maximum Gasteiger partial charge on any atom is 0.337 e. The molecule has 18 heavy (non-hydrogen) atoms.